The van der Waals surface area contributed by atoms with Crippen molar-refractivity contribution >= 4 is 27.0 Å². The number of aryl methyl sites for hydroxylation is 3. The van der Waals surface area contributed by atoms with Crippen LogP contribution in [-0.4, -0.2) is 14.5 Å². The minimum atomic E-state index is -3.58. The van der Waals surface area contributed by atoms with Gasteiger partial charge < -0.3 is 0 Å². The van der Waals surface area contributed by atoms with Crippen LogP contribution in [0.1, 0.15) is 40.3 Å². The van der Waals surface area contributed by atoms with E-state index in [1.165, 1.54) is 11.3 Å². The first-order valence-electron chi connectivity index (χ1n) is 7.98. The fourth-order valence-electron chi connectivity index (χ4n) is 2.84. The van der Waals surface area contributed by atoms with Crippen LogP contribution in [0.2, 0.25) is 0 Å². The SMILES string of the molecule is Cc1ccc(NS(=O)(=O)c2cc(C3CC(C)NN3)sc2C)cc1C. The highest BCUT2D eigenvalue weighted by Gasteiger charge is 2.27. The number of benzene rings is 1. The van der Waals surface area contributed by atoms with Crippen molar-refractivity contribution in [3.63, 3.8) is 0 Å². The summed E-state index contributed by atoms with van der Waals surface area (Å²) in [5, 5.41) is 0. The first kappa shape index (κ1) is 17.4. The molecule has 0 saturated carbocycles. The van der Waals surface area contributed by atoms with Gasteiger partial charge in [0.2, 0.25) is 0 Å². The maximum atomic E-state index is 12.8. The van der Waals surface area contributed by atoms with Crippen molar-refractivity contribution in [2.45, 2.75) is 51.1 Å². The van der Waals surface area contributed by atoms with E-state index in [2.05, 4.69) is 22.5 Å². The Morgan fingerprint density at radius 2 is 1.88 bits per heavy atom. The summed E-state index contributed by atoms with van der Waals surface area (Å²) >= 11 is 1.54. The van der Waals surface area contributed by atoms with Crippen molar-refractivity contribution in [3.05, 3.63) is 45.1 Å². The van der Waals surface area contributed by atoms with Gasteiger partial charge in [-0.25, -0.2) is 13.8 Å². The Kier molecular flexibility index (Phi) is 4.70. The number of hydrazine groups is 1. The molecule has 0 bridgehead atoms. The van der Waals surface area contributed by atoms with Crippen molar-refractivity contribution in [3.8, 4) is 0 Å². The Bertz CT molecular complexity index is 859. The molecule has 0 amide bonds. The van der Waals surface area contributed by atoms with Gasteiger partial charge in [-0.1, -0.05) is 6.07 Å². The number of rotatable bonds is 4. The van der Waals surface area contributed by atoms with Crippen molar-refractivity contribution in [1.29, 1.82) is 0 Å². The average molecular weight is 366 g/mol. The number of hydrogen-bond acceptors (Lipinski definition) is 5. The molecule has 1 aliphatic rings. The fraction of sp³-hybridized carbons (Fsp3) is 0.412. The molecule has 3 rings (SSSR count). The third kappa shape index (κ3) is 3.49. The number of nitrogens with one attached hydrogen (secondary N) is 3. The molecule has 1 aromatic heterocycles. The monoisotopic (exact) mass is 365 g/mol. The van der Waals surface area contributed by atoms with Crippen LogP contribution in [0.15, 0.2) is 29.2 Å². The molecule has 0 aliphatic carbocycles. The summed E-state index contributed by atoms with van der Waals surface area (Å²) < 4.78 is 28.2. The second kappa shape index (κ2) is 6.48. The molecule has 130 valence electrons. The van der Waals surface area contributed by atoms with E-state index in [4.69, 9.17) is 0 Å². The normalized spacial score (nSPS) is 21.2. The van der Waals surface area contributed by atoms with Crippen LogP contribution in [-0.2, 0) is 10.0 Å². The molecule has 2 atom stereocenters. The molecular formula is C17H23N3O2S2. The molecule has 1 aromatic carbocycles. The summed E-state index contributed by atoms with van der Waals surface area (Å²) in [6.45, 7) is 7.94. The highest BCUT2D eigenvalue weighted by Crippen LogP contribution is 2.34. The predicted octanol–water partition coefficient (Wildman–Crippen LogP) is 3.40. The van der Waals surface area contributed by atoms with Crippen LogP contribution in [0.4, 0.5) is 5.69 Å². The lowest BCUT2D eigenvalue weighted by Crippen LogP contribution is -2.28. The zero-order valence-electron chi connectivity index (χ0n) is 14.3. The van der Waals surface area contributed by atoms with E-state index in [1.807, 2.05) is 32.9 Å². The van der Waals surface area contributed by atoms with E-state index in [-0.39, 0.29) is 6.04 Å². The molecule has 3 N–H and O–H groups in total. The Balaban J connectivity index is 1.86. The molecule has 1 saturated heterocycles. The van der Waals surface area contributed by atoms with Crippen molar-refractivity contribution in [2.24, 2.45) is 0 Å². The lowest BCUT2D eigenvalue weighted by atomic mass is 10.1. The number of thiophene rings is 1. The predicted molar refractivity (Wildman–Crippen MR) is 98.9 cm³/mol. The maximum Gasteiger partial charge on any atom is 0.263 e. The molecule has 2 unspecified atom stereocenters. The minimum absolute atomic E-state index is 0.161. The average Bonchev–Trinajstić information content (AvgIpc) is 3.09. The van der Waals surface area contributed by atoms with Gasteiger partial charge in [-0.05, 0) is 63.4 Å². The lowest BCUT2D eigenvalue weighted by Gasteiger charge is -2.09. The van der Waals surface area contributed by atoms with Crippen LogP contribution in [0, 0.1) is 20.8 Å². The summed E-state index contributed by atoms with van der Waals surface area (Å²) in [5.41, 5.74) is 9.20. The third-order valence-corrected chi connectivity index (χ3v) is 7.18. The van der Waals surface area contributed by atoms with E-state index in [1.54, 1.807) is 12.1 Å². The zero-order valence-corrected chi connectivity index (χ0v) is 15.9. The molecule has 1 aliphatic heterocycles. The van der Waals surface area contributed by atoms with Crippen LogP contribution >= 0.6 is 11.3 Å². The fourth-order valence-corrected chi connectivity index (χ4v) is 5.57. The molecule has 7 heteroatoms. The maximum absolute atomic E-state index is 12.8. The Labute approximate surface area is 147 Å². The third-order valence-electron chi connectivity index (χ3n) is 4.38. The van der Waals surface area contributed by atoms with E-state index in [0.717, 1.165) is 27.3 Å². The summed E-state index contributed by atoms with van der Waals surface area (Å²) in [6, 6.07) is 7.92. The lowest BCUT2D eigenvalue weighted by molar-refractivity contribution is 0.564. The van der Waals surface area contributed by atoms with Gasteiger partial charge in [-0.3, -0.25) is 10.1 Å². The summed E-state index contributed by atoms with van der Waals surface area (Å²) in [5.74, 6) is 0. The van der Waals surface area contributed by atoms with Crippen LogP contribution in [0.25, 0.3) is 0 Å². The van der Waals surface area contributed by atoms with Gasteiger partial charge in [0.1, 0.15) is 4.90 Å². The van der Waals surface area contributed by atoms with Crippen LogP contribution in [0.5, 0.6) is 0 Å². The van der Waals surface area contributed by atoms with Gasteiger partial charge in [0.25, 0.3) is 10.0 Å². The molecule has 0 spiro atoms. The van der Waals surface area contributed by atoms with E-state index >= 15 is 0 Å². The summed E-state index contributed by atoms with van der Waals surface area (Å²) in [4.78, 5) is 2.22. The molecular weight excluding hydrogens is 342 g/mol. The van der Waals surface area contributed by atoms with Crippen molar-refractivity contribution < 1.29 is 8.42 Å². The van der Waals surface area contributed by atoms with Gasteiger partial charge >= 0.3 is 0 Å². The Morgan fingerprint density at radius 1 is 1.12 bits per heavy atom. The van der Waals surface area contributed by atoms with Gasteiger partial charge in [0, 0.05) is 21.5 Å². The van der Waals surface area contributed by atoms with Crippen molar-refractivity contribution in [1.82, 2.24) is 10.9 Å². The quantitative estimate of drug-likeness (QED) is 0.777. The van der Waals surface area contributed by atoms with Gasteiger partial charge in [-0.2, -0.15) is 0 Å². The van der Waals surface area contributed by atoms with Gasteiger partial charge in [-0.15, -0.1) is 11.3 Å². The topological polar surface area (TPSA) is 70.2 Å². The Morgan fingerprint density at radius 3 is 2.50 bits per heavy atom. The van der Waals surface area contributed by atoms with Gasteiger partial charge in [0.05, 0.1) is 6.04 Å². The highest BCUT2D eigenvalue weighted by atomic mass is 32.2. The summed E-state index contributed by atoms with van der Waals surface area (Å²) in [7, 11) is -3.58. The minimum Gasteiger partial charge on any atom is -0.280 e. The van der Waals surface area contributed by atoms with Gasteiger partial charge in [0.15, 0.2) is 0 Å². The second-order valence-electron chi connectivity index (χ2n) is 6.45. The van der Waals surface area contributed by atoms with E-state index in [9.17, 15) is 8.42 Å². The standard InChI is InChI=1S/C17H23N3O2S2/c1-10-5-6-14(7-11(10)2)20-24(21,22)17-9-16(23-13(17)4)15-8-12(3)18-19-15/h5-7,9,12,15,18-20H,8H2,1-4H3. The number of hydrogen-bond donors (Lipinski definition) is 3. The molecule has 24 heavy (non-hydrogen) atoms. The van der Waals surface area contributed by atoms with Crippen LogP contribution < -0.4 is 15.6 Å². The first-order chi connectivity index (χ1) is 11.3. The second-order valence-corrected chi connectivity index (χ2v) is 9.39. The molecule has 1 fully saturated rings. The van der Waals surface area contributed by atoms with E-state index in [0.29, 0.717) is 16.6 Å². The molecule has 0 radical (unpaired) electrons. The molecule has 2 aromatic rings. The van der Waals surface area contributed by atoms with Crippen LogP contribution in [0.3, 0.4) is 0 Å². The smallest absolute Gasteiger partial charge is 0.263 e. The first-order valence-corrected chi connectivity index (χ1v) is 10.3. The number of sulfonamides is 1. The molecule has 5 nitrogen and oxygen atoms in total. The highest BCUT2D eigenvalue weighted by molar-refractivity contribution is 7.93. The largest absolute Gasteiger partial charge is 0.280 e. The summed E-state index contributed by atoms with van der Waals surface area (Å²) in [6.07, 6.45) is 0.948. The molecule has 2 heterocycles. The van der Waals surface area contributed by atoms with E-state index < -0.39 is 10.0 Å². The number of anilines is 1. The Hall–Kier alpha value is -1.41. The zero-order chi connectivity index (χ0) is 17.5. The van der Waals surface area contributed by atoms with Crippen molar-refractivity contribution in [2.75, 3.05) is 4.72 Å².